The summed E-state index contributed by atoms with van der Waals surface area (Å²) >= 11 is 1.86. The van der Waals surface area contributed by atoms with Crippen molar-refractivity contribution < 1.29 is 0 Å². The van der Waals surface area contributed by atoms with Gasteiger partial charge in [0.15, 0.2) is 5.13 Å². The molecule has 0 spiro atoms. The van der Waals surface area contributed by atoms with Crippen molar-refractivity contribution in [3.05, 3.63) is 11.1 Å². The van der Waals surface area contributed by atoms with Gasteiger partial charge in [-0.15, -0.1) is 11.3 Å². The molecule has 1 unspecified atom stereocenters. The van der Waals surface area contributed by atoms with Crippen LogP contribution in [0.15, 0.2) is 6.20 Å². The lowest BCUT2D eigenvalue weighted by atomic mass is 10.3. The number of anilines is 1. The van der Waals surface area contributed by atoms with E-state index in [1.807, 2.05) is 11.3 Å². The molecule has 2 fully saturated rings. The minimum Gasteiger partial charge on any atom is -0.344 e. The molecule has 0 radical (unpaired) electrons. The van der Waals surface area contributed by atoms with Crippen molar-refractivity contribution in [3.63, 3.8) is 0 Å². The van der Waals surface area contributed by atoms with E-state index in [2.05, 4.69) is 40.3 Å². The molecule has 0 amide bonds. The lowest BCUT2D eigenvalue weighted by Crippen LogP contribution is -2.37. The maximum atomic E-state index is 4.64. The highest BCUT2D eigenvalue weighted by Crippen LogP contribution is 2.27. The summed E-state index contributed by atoms with van der Waals surface area (Å²) < 4.78 is 0. The second-order valence-electron chi connectivity index (χ2n) is 5.92. The number of hydrogen-bond donors (Lipinski definition) is 1. The SMILES string of the molecule is CC1CN(C)CCCN1c1ncc(CNC2CC2)s1. The molecule has 3 rings (SSSR count). The molecule has 0 bridgehead atoms. The molecule has 2 heterocycles. The molecule has 1 aliphatic heterocycles. The van der Waals surface area contributed by atoms with Gasteiger partial charge in [-0.1, -0.05) is 0 Å². The predicted molar refractivity (Wildman–Crippen MR) is 80.9 cm³/mol. The highest BCUT2D eigenvalue weighted by atomic mass is 32.1. The zero-order valence-electron chi connectivity index (χ0n) is 11.9. The van der Waals surface area contributed by atoms with Gasteiger partial charge >= 0.3 is 0 Å². The Balaban J connectivity index is 1.63. The Hall–Kier alpha value is -0.650. The van der Waals surface area contributed by atoms with Gasteiger partial charge < -0.3 is 15.1 Å². The molecule has 1 saturated heterocycles. The molecule has 1 aromatic rings. The second kappa shape index (κ2) is 5.77. The van der Waals surface area contributed by atoms with Gasteiger partial charge in [0.2, 0.25) is 0 Å². The van der Waals surface area contributed by atoms with Crippen molar-refractivity contribution in [2.75, 3.05) is 31.6 Å². The summed E-state index contributed by atoms with van der Waals surface area (Å²) in [5, 5.41) is 4.77. The summed E-state index contributed by atoms with van der Waals surface area (Å²) in [6.07, 6.45) is 5.98. The van der Waals surface area contributed by atoms with Crippen molar-refractivity contribution in [2.24, 2.45) is 0 Å². The van der Waals surface area contributed by atoms with E-state index in [4.69, 9.17) is 0 Å². The number of likely N-dealkylation sites (N-methyl/N-ethyl adjacent to an activating group) is 1. The Morgan fingerprint density at radius 3 is 3.05 bits per heavy atom. The Kier molecular flexibility index (Phi) is 4.05. The lowest BCUT2D eigenvalue weighted by Gasteiger charge is -2.27. The van der Waals surface area contributed by atoms with Gasteiger partial charge in [0, 0.05) is 42.8 Å². The third-order valence-electron chi connectivity index (χ3n) is 3.98. The average molecular weight is 280 g/mol. The van der Waals surface area contributed by atoms with E-state index in [1.165, 1.54) is 35.8 Å². The van der Waals surface area contributed by atoms with E-state index in [0.29, 0.717) is 6.04 Å². The molecule has 1 N–H and O–H groups in total. The highest BCUT2D eigenvalue weighted by molar-refractivity contribution is 7.15. The van der Waals surface area contributed by atoms with Gasteiger partial charge in [-0.2, -0.15) is 0 Å². The van der Waals surface area contributed by atoms with Crippen LogP contribution in [0.25, 0.3) is 0 Å². The van der Waals surface area contributed by atoms with Gasteiger partial charge in [-0.05, 0) is 39.8 Å². The van der Waals surface area contributed by atoms with Crippen LogP contribution in [0.5, 0.6) is 0 Å². The van der Waals surface area contributed by atoms with Crippen LogP contribution < -0.4 is 10.2 Å². The van der Waals surface area contributed by atoms with Crippen molar-refractivity contribution in [2.45, 2.75) is 44.8 Å². The number of hydrogen-bond acceptors (Lipinski definition) is 5. The van der Waals surface area contributed by atoms with Crippen LogP contribution in [0.2, 0.25) is 0 Å². The van der Waals surface area contributed by atoms with Crippen molar-refractivity contribution in [3.8, 4) is 0 Å². The summed E-state index contributed by atoms with van der Waals surface area (Å²) in [6.45, 7) is 6.77. The summed E-state index contributed by atoms with van der Waals surface area (Å²) in [5.41, 5.74) is 0. The van der Waals surface area contributed by atoms with Gasteiger partial charge in [-0.3, -0.25) is 0 Å². The zero-order valence-corrected chi connectivity index (χ0v) is 12.7. The van der Waals surface area contributed by atoms with Crippen LogP contribution in [0, 0.1) is 0 Å². The molecule has 106 valence electrons. The molecular weight excluding hydrogens is 256 g/mol. The van der Waals surface area contributed by atoms with Crippen LogP contribution in [-0.4, -0.2) is 48.6 Å². The second-order valence-corrected chi connectivity index (χ2v) is 7.02. The summed E-state index contributed by atoms with van der Waals surface area (Å²) in [6, 6.07) is 1.33. The molecule has 0 aromatic carbocycles. The van der Waals surface area contributed by atoms with Crippen molar-refractivity contribution in [1.82, 2.24) is 15.2 Å². The molecule has 4 nitrogen and oxygen atoms in total. The van der Waals surface area contributed by atoms with E-state index >= 15 is 0 Å². The Morgan fingerprint density at radius 1 is 1.42 bits per heavy atom. The van der Waals surface area contributed by atoms with Gasteiger partial charge in [0.25, 0.3) is 0 Å². The average Bonchev–Trinajstić information content (AvgIpc) is 3.12. The number of nitrogens with one attached hydrogen (secondary N) is 1. The molecule has 2 aliphatic rings. The first-order chi connectivity index (χ1) is 9.22. The summed E-state index contributed by atoms with van der Waals surface area (Å²) in [4.78, 5) is 10.9. The third kappa shape index (κ3) is 3.46. The van der Waals surface area contributed by atoms with E-state index in [9.17, 15) is 0 Å². The Labute approximate surface area is 119 Å². The first-order valence-electron chi connectivity index (χ1n) is 7.35. The van der Waals surface area contributed by atoms with Crippen LogP contribution in [0.1, 0.15) is 31.1 Å². The smallest absolute Gasteiger partial charge is 0.185 e. The minimum absolute atomic E-state index is 0.558. The summed E-state index contributed by atoms with van der Waals surface area (Å²) in [5.74, 6) is 0. The monoisotopic (exact) mass is 280 g/mol. The molecule has 1 saturated carbocycles. The highest BCUT2D eigenvalue weighted by Gasteiger charge is 2.23. The zero-order chi connectivity index (χ0) is 13.2. The minimum atomic E-state index is 0.558. The van der Waals surface area contributed by atoms with Crippen LogP contribution >= 0.6 is 11.3 Å². The number of nitrogens with zero attached hydrogens (tertiary/aromatic N) is 3. The van der Waals surface area contributed by atoms with Crippen molar-refractivity contribution >= 4 is 16.5 Å². The van der Waals surface area contributed by atoms with E-state index < -0.39 is 0 Å². The van der Waals surface area contributed by atoms with Crippen molar-refractivity contribution in [1.29, 1.82) is 0 Å². The fourth-order valence-electron chi connectivity index (χ4n) is 2.70. The van der Waals surface area contributed by atoms with Crippen LogP contribution in [0.4, 0.5) is 5.13 Å². The molecule has 5 heteroatoms. The molecule has 1 aliphatic carbocycles. The lowest BCUT2D eigenvalue weighted by molar-refractivity contribution is 0.337. The quantitative estimate of drug-likeness (QED) is 0.913. The number of rotatable bonds is 4. The molecule has 1 atom stereocenters. The summed E-state index contributed by atoms with van der Waals surface area (Å²) in [7, 11) is 2.22. The Morgan fingerprint density at radius 2 is 2.26 bits per heavy atom. The fraction of sp³-hybridized carbons (Fsp3) is 0.786. The van der Waals surface area contributed by atoms with Crippen LogP contribution in [-0.2, 0) is 6.54 Å². The first-order valence-corrected chi connectivity index (χ1v) is 8.17. The largest absolute Gasteiger partial charge is 0.344 e. The molecule has 1 aromatic heterocycles. The Bertz CT molecular complexity index is 415. The maximum absolute atomic E-state index is 4.64. The van der Waals surface area contributed by atoms with E-state index in [-0.39, 0.29) is 0 Å². The number of thiazole rings is 1. The van der Waals surface area contributed by atoms with E-state index in [1.54, 1.807) is 0 Å². The fourth-order valence-corrected chi connectivity index (χ4v) is 3.69. The first kappa shape index (κ1) is 13.3. The predicted octanol–water partition coefficient (Wildman–Crippen LogP) is 1.93. The third-order valence-corrected chi connectivity index (χ3v) is 5.01. The van der Waals surface area contributed by atoms with E-state index in [0.717, 1.165) is 25.7 Å². The molecular formula is C14H24N4S. The van der Waals surface area contributed by atoms with Gasteiger partial charge in [-0.25, -0.2) is 4.98 Å². The van der Waals surface area contributed by atoms with Gasteiger partial charge in [0.05, 0.1) is 0 Å². The molecule has 19 heavy (non-hydrogen) atoms. The topological polar surface area (TPSA) is 31.4 Å². The maximum Gasteiger partial charge on any atom is 0.185 e. The normalized spacial score (nSPS) is 25.6. The number of aromatic nitrogens is 1. The standard InChI is InChI=1S/C14H24N4S/c1-11-10-17(2)6-3-7-18(11)14-16-9-13(19-14)8-15-12-4-5-12/h9,11-12,15H,3-8,10H2,1-2H3. The van der Waals surface area contributed by atoms with Crippen LogP contribution in [0.3, 0.4) is 0 Å². The van der Waals surface area contributed by atoms with Gasteiger partial charge in [0.1, 0.15) is 0 Å².